The van der Waals surface area contributed by atoms with Crippen LogP contribution in [-0.4, -0.2) is 41.2 Å². The number of pyridine rings is 1. The lowest BCUT2D eigenvalue weighted by Crippen LogP contribution is -2.64. The van der Waals surface area contributed by atoms with Gasteiger partial charge >= 0.3 is 0 Å². The quantitative estimate of drug-likeness (QED) is 0.604. The third-order valence-corrected chi connectivity index (χ3v) is 5.38. The minimum atomic E-state index is -0.255. The van der Waals surface area contributed by atoms with Gasteiger partial charge in [0, 0.05) is 42.5 Å². The highest BCUT2D eigenvalue weighted by atomic mass is 19.1. The van der Waals surface area contributed by atoms with Crippen LogP contribution in [0.25, 0.3) is 11.1 Å². The largest absolute Gasteiger partial charge is 0.395 e. The number of halogens is 1. The van der Waals surface area contributed by atoms with E-state index in [1.54, 1.807) is 30.5 Å². The molecule has 1 fully saturated rings. The molecule has 2 heterocycles. The van der Waals surface area contributed by atoms with E-state index in [1.165, 1.54) is 12.3 Å². The molecule has 3 aromatic rings. The molecule has 4 rings (SSSR count). The molecule has 0 spiro atoms. The summed E-state index contributed by atoms with van der Waals surface area (Å²) in [6.45, 7) is 0.441. The van der Waals surface area contributed by atoms with E-state index < -0.39 is 0 Å². The number of benzene rings is 2. The molecule has 2 aromatic carbocycles. The van der Waals surface area contributed by atoms with Crippen molar-refractivity contribution in [3.05, 3.63) is 90.0 Å². The second-order valence-electron chi connectivity index (χ2n) is 7.14. The smallest absolute Gasteiger partial charge is 0.252 e. The van der Waals surface area contributed by atoms with Crippen LogP contribution in [0.5, 0.6) is 0 Å². The number of carbonyl (C=O) groups excluding carboxylic acids is 1. The molecule has 1 amide bonds. The second kappa shape index (κ2) is 8.51. The Balaban J connectivity index is 1.45. The number of aromatic nitrogens is 1. The number of carbonyl (C=O) groups is 1. The van der Waals surface area contributed by atoms with Gasteiger partial charge in [-0.15, -0.1) is 0 Å². The van der Waals surface area contributed by atoms with Gasteiger partial charge < -0.3 is 15.7 Å². The van der Waals surface area contributed by atoms with Crippen LogP contribution in [0.2, 0.25) is 0 Å². The zero-order valence-corrected chi connectivity index (χ0v) is 15.8. The van der Waals surface area contributed by atoms with Crippen molar-refractivity contribution in [3.8, 4) is 11.1 Å². The molecule has 1 saturated heterocycles. The SMILES string of the molecule is O=C(NC[C@H]1N[C@H](CO)[C@@H]1c1ccc(-c2ccccc2F)cc1)c1cccnc1. The zero-order chi connectivity index (χ0) is 20.2. The maximum Gasteiger partial charge on any atom is 0.252 e. The van der Waals surface area contributed by atoms with Gasteiger partial charge in [0.15, 0.2) is 0 Å². The first-order chi connectivity index (χ1) is 14.2. The first-order valence-electron chi connectivity index (χ1n) is 9.57. The number of nitrogens with one attached hydrogen (secondary N) is 2. The predicted octanol–water partition coefficient (Wildman–Crippen LogP) is 2.73. The third kappa shape index (κ3) is 4.04. The van der Waals surface area contributed by atoms with Crippen LogP contribution in [-0.2, 0) is 0 Å². The van der Waals surface area contributed by atoms with E-state index in [-0.39, 0.29) is 36.3 Å². The molecule has 1 aliphatic heterocycles. The van der Waals surface area contributed by atoms with Crippen molar-refractivity contribution in [2.45, 2.75) is 18.0 Å². The zero-order valence-electron chi connectivity index (χ0n) is 15.8. The standard InChI is InChI=1S/C23H22FN3O2/c24-19-6-2-1-5-18(19)15-7-9-16(10-8-15)22-20(27-21(22)14-28)13-26-23(29)17-4-3-11-25-12-17/h1-12,20-22,27-28H,13-14H2,(H,26,29)/t20-,21-,22-/m1/s1. The molecule has 5 nitrogen and oxygen atoms in total. The first-order valence-corrected chi connectivity index (χ1v) is 9.57. The Morgan fingerprint density at radius 1 is 1.07 bits per heavy atom. The van der Waals surface area contributed by atoms with Gasteiger partial charge in [-0.3, -0.25) is 9.78 Å². The summed E-state index contributed by atoms with van der Waals surface area (Å²) in [4.78, 5) is 16.2. The van der Waals surface area contributed by atoms with Crippen LogP contribution >= 0.6 is 0 Å². The monoisotopic (exact) mass is 391 g/mol. The van der Waals surface area contributed by atoms with Crippen LogP contribution < -0.4 is 10.6 Å². The number of aliphatic hydroxyl groups excluding tert-OH is 1. The van der Waals surface area contributed by atoms with Gasteiger partial charge in [0.25, 0.3) is 5.91 Å². The maximum absolute atomic E-state index is 14.0. The van der Waals surface area contributed by atoms with Crippen LogP contribution in [0.1, 0.15) is 21.8 Å². The second-order valence-corrected chi connectivity index (χ2v) is 7.14. The summed E-state index contributed by atoms with van der Waals surface area (Å²) in [6.07, 6.45) is 3.15. The van der Waals surface area contributed by atoms with E-state index in [0.717, 1.165) is 11.1 Å². The highest BCUT2D eigenvalue weighted by molar-refractivity contribution is 5.93. The average Bonchev–Trinajstić information content (AvgIpc) is 2.75. The minimum absolute atomic E-state index is 0.00656. The molecule has 3 N–H and O–H groups in total. The van der Waals surface area contributed by atoms with E-state index in [1.807, 2.05) is 30.3 Å². The van der Waals surface area contributed by atoms with Crippen molar-refractivity contribution in [1.29, 1.82) is 0 Å². The van der Waals surface area contributed by atoms with Gasteiger partial charge in [-0.25, -0.2) is 4.39 Å². The molecule has 0 aliphatic carbocycles. The molecule has 0 unspecified atom stereocenters. The van der Waals surface area contributed by atoms with Gasteiger partial charge in [-0.2, -0.15) is 0 Å². The number of rotatable bonds is 6. The third-order valence-electron chi connectivity index (χ3n) is 5.38. The number of hydrogen-bond donors (Lipinski definition) is 3. The average molecular weight is 391 g/mol. The Morgan fingerprint density at radius 3 is 2.55 bits per heavy atom. The van der Waals surface area contributed by atoms with Gasteiger partial charge in [-0.1, -0.05) is 42.5 Å². The Morgan fingerprint density at radius 2 is 1.86 bits per heavy atom. The van der Waals surface area contributed by atoms with E-state index in [2.05, 4.69) is 15.6 Å². The number of nitrogens with zero attached hydrogens (tertiary/aromatic N) is 1. The molecule has 3 atom stereocenters. The van der Waals surface area contributed by atoms with E-state index in [9.17, 15) is 14.3 Å². The van der Waals surface area contributed by atoms with E-state index in [4.69, 9.17) is 0 Å². The number of hydrogen-bond acceptors (Lipinski definition) is 4. The lowest BCUT2D eigenvalue weighted by Gasteiger charge is -2.46. The molecular weight excluding hydrogens is 369 g/mol. The minimum Gasteiger partial charge on any atom is -0.395 e. The fourth-order valence-electron chi connectivity index (χ4n) is 3.84. The fraction of sp³-hybridized carbons (Fsp3) is 0.217. The molecule has 29 heavy (non-hydrogen) atoms. The summed E-state index contributed by atoms with van der Waals surface area (Å²) < 4.78 is 14.0. The summed E-state index contributed by atoms with van der Waals surface area (Å²) in [5, 5.41) is 15.9. The molecule has 0 radical (unpaired) electrons. The van der Waals surface area contributed by atoms with Crippen LogP contribution in [0.4, 0.5) is 4.39 Å². The Bertz CT molecular complexity index is 979. The summed E-state index contributed by atoms with van der Waals surface area (Å²) in [5.74, 6) is -0.375. The van der Waals surface area contributed by atoms with E-state index >= 15 is 0 Å². The van der Waals surface area contributed by atoms with Crippen LogP contribution in [0, 0.1) is 5.82 Å². The number of amides is 1. The lowest BCUT2D eigenvalue weighted by molar-refractivity contribution is 0.0910. The van der Waals surface area contributed by atoms with Gasteiger partial charge in [0.2, 0.25) is 0 Å². The molecule has 6 heteroatoms. The maximum atomic E-state index is 14.0. The van der Waals surface area contributed by atoms with Gasteiger partial charge in [-0.05, 0) is 29.3 Å². The topological polar surface area (TPSA) is 74.2 Å². The van der Waals surface area contributed by atoms with Crippen molar-refractivity contribution in [1.82, 2.24) is 15.6 Å². The van der Waals surface area contributed by atoms with E-state index in [0.29, 0.717) is 17.7 Å². The molecule has 148 valence electrons. The first kappa shape index (κ1) is 19.2. The molecule has 1 aromatic heterocycles. The number of aliphatic hydroxyl groups is 1. The van der Waals surface area contributed by atoms with Crippen LogP contribution in [0.3, 0.4) is 0 Å². The summed E-state index contributed by atoms with van der Waals surface area (Å²) in [6, 6.07) is 17.8. The highest BCUT2D eigenvalue weighted by Gasteiger charge is 2.40. The van der Waals surface area contributed by atoms with Crippen molar-refractivity contribution < 1.29 is 14.3 Å². The summed E-state index contributed by atoms with van der Waals surface area (Å²) in [5.41, 5.74) is 2.92. The summed E-state index contributed by atoms with van der Waals surface area (Å²) >= 11 is 0. The molecular formula is C23H22FN3O2. The van der Waals surface area contributed by atoms with Crippen molar-refractivity contribution in [3.63, 3.8) is 0 Å². The predicted molar refractivity (Wildman–Crippen MR) is 109 cm³/mol. The van der Waals surface area contributed by atoms with Crippen molar-refractivity contribution in [2.24, 2.45) is 0 Å². The van der Waals surface area contributed by atoms with Crippen molar-refractivity contribution in [2.75, 3.05) is 13.2 Å². The highest BCUT2D eigenvalue weighted by Crippen LogP contribution is 2.33. The normalized spacial score (nSPS) is 20.7. The Kier molecular flexibility index (Phi) is 5.64. The van der Waals surface area contributed by atoms with Gasteiger partial charge in [0.1, 0.15) is 5.82 Å². The molecule has 0 saturated carbocycles. The molecule has 0 bridgehead atoms. The van der Waals surface area contributed by atoms with Crippen LogP contribution in [0.15, 0.2) is 73.1 Å². The Hall–Kier alpha value is -3.09. The van der Waals surface area contributed by atoms with Gasteiger partial charge in [0.05, 0.1) is 12.2 Å². The lowest BCUT2D eigenvalue weighted by atomic mass is 9.77. The summed E-state index contributed by atoms with van der Waals surface area (Å²) in [7, 11) is 0. The van der Waals surface area contributed by atoms with Crippen molar-refractivity contribution >= 4 is 5.91 Å². The Labute approximate surface area is 168 Å². The fourth-order valence-corrected chi connectivity index (χ4v) is 3.84. The molecule has 1 aliphatic rings.